The van der Waals surface area contributed by atoms with Crippen LogP contribution in [0.15, 0.2) is 22.7 Å². The molecule has 0 spiro atoms. The monoisotopic (exact) mass is 285 g/mol. The molecule has 0 saturated carbocycles. The van der Waals surface area contributed by atoms with Crippen LogP contribution in [-0.4, -0.2) is 13.1 Å². The molecule has 88 valence electrons. The highest BCUT2D eigenvalue weighted by atomic mass is 79.9. The predicted octanol–water partition coefficient (Wildman–Crippen LogP) is 3.38. The van der Waals surface area contributed by atoms with E-state index in [0.717, 1.165) is 29.5 Å². The normalized spacial score (nSPS) is 25.7. The molecule has 0 aliphatic carbocycles. The molecule has 0 amide bonds. The van der Waals surface area contributed by atoms with Crippen molar-refractivity contribution in [1.82, 2.24) is 5.32 Å². The van der Waals surface area contributed by atoms with Crippen molar-refractivity contribution in [3.8, 4) is 0 Å². The summed E-state index contributed by atoms with van der Waals surface area (Å²) in [7, 11) is 0. The van der Waals surface area contributed by atoms with Crippen LogP contribution in [0.2, 0.25) is 0 Å². The van der Waals surface area contributed by atoms with E-state index in [1.54, 1.807) is 12.1 Å². The molecular weight excluding hydrogens is 269 g/mol. The van der Waals surface area contributed by atoms with Gasteiger partial charge in [0.15, 0.2) is 0 Å². The van der Waals surface area contributed by atoms with Gasteiger partial charge < -0.3 is 5.32 Å². The van der Waals surface area contributed by atoms with Crippen molar-refractivity contribution in [3.63, 3.8) is 0 Å². The van der Waals surface area contributed by atoms with Crippen molar-refractivity contribution in [2.45, 2.75) is 19.8 Å². The summed E-state index contributed by atoms with van der Waals surface area (Å²) < 4.78 is 14.6. The Bertz CT molecular complexity index is 367. The van der Waals surface area contributed by atoms with Gasteiger partial charge in [-0.25, -0.2) is 4.39 Å². The molecule has 2 unspecified atom stereocenters. The maximum Gasteiger partial charge on any atom is 0.126 e. The molecule has 2 atom stereocenters. The number of nitrogens with one attached hydrogen (secondary N) is 1. The second-order valence-electron chi connectivity index (χ2n) is 4.67. The minimum absolute atomic E-state index is 0.0824. The van der Waals surface area contributed by atoms with Crippen molar-refractivity contribution in [1.29, 1.82) is 0 Å². The van der Waals surface area contributed by atoms with Crippen LogP contribution in [0.25, 0.3) is 0 Å². The molecule has 0 aromatic heterocycles. The van der Waals surface area contributed by atoms with Gasteiger partial charge in [-0.3, -0.25) is 0 Å². The molecule has 3 heteroatoms. The maximum atomic E-state index is 13.6. The van der Waals surface area contributed by atoms with Crippen LogP contribution in [0.5, 0.6) is 0 Å². The number of hydrogen-bond donors (Lipinski definition) is 1. The van der Waals surface area contributed by atoms with Gasteiger partial charge in [-0.1, -0.05) is 22.9 Å². The van der Waals surface area contributed by atoms with Gasteiger partial charge in [0.05, 0.1) is 0 Å². The molecule has 0 radical (unpaired) electrons. The summed E-state index contributed by atoms with van der Waals surface area (Å²) in [6, 6.07) is 5.19. The summed E-state index contributed by atoms with van der Waals surface area (Å²) in [4.78, 5) is 0. The molecule has 2 rings (SSSR count). The van der Waals surface area contributed by atoms with Crippen molar-refractivity contribution in [2.24, 2.45) is 11.8 Å². The molecule has 0 bridgehead atoms. The Morgan fingerprint density at radius 1 is 1.50 bits per heavy atom. The lowest BCUT2D eigenvalue weighted by Gasteiger charge is -2.29. The van der Waals surface area contributed by atoms with Gasteiger partial charge in [-0.05, 0) is 61.5 Å². The molecule has 1 aliphatic heterocycles. The van der Waals surface area contributed by atoms with Gasteiger partial charge in [0.25, 0.3) is 0 Å². The van der Waals surface area contributed by atoms with Gasteiger partial charge in [0, 0.05) is 4.47 Å². The molecular formula is C13H17BrFN. The highest BCUT2D eigenvalue weighted by Crippen LogP contribution is 2.25. The van der Waals surface area contributed by atoms with Gasteiger partial charge >= 0.3 is 0 Å². The average Bonchev–Trinajstić information content (AvgIpc) is 2.27. The number of halogens is 2. The Morgan fingerprint density at radius 3 is 3.06 bits per heavy atom. The molecule has 1 N–H and O–H groups in total. The average molecular weight is 286 g/mol. The van der Waals surface area contributed by atoms with E-state index in [4.69, 9.17) is 0 Å². The van der Waals surface area contributed by atoms with E-state index >= 15 is 0 Å². The summed E-state index contributed by atoms with van der Waals surface area (Å²) in [6.07, 6.45) is 2.03. The summed E-state index contributed by atoms with van der Waals surface area (Å²) in [5.74, 6) is 1.15. The zero-order valence-electron chi connectivity index (χ0n) is 9.47. The highest BCUT2D eigenvalue weighted by molar-refractivity contribution is 9.10. The first kappa shape index (κ1) is 12.1. The van der Waals surface area contributed by atoms with E-state index in [-0.39, 0.29) is 5.82 Å². The first-order valence-electron chi connectivity index (χ1n) is 5.81. The molecule has 1 fully saturated rings. The smallest absolute Gasteiger partial charge is 0.126 e. The van der Waals surface area contributed by atoms with E-state index in [1.165, 1.54) is 6.42 Å². The van der Waals surface area contributed by atoms with Crippen LogP contribution in [0.1, 0.15) is 18.9 Å². The fraction of sp³-hybridized carbons (Fsp3) is 0.538. The van der Waals surface area contributed by atoms with Gasteiger partial charge in [0.2, 0.25) is 0 Å². The van der Waals surface area contributed by atoms with Crippen molar-refractivity contribution < 1.29 is 4.39 Å². The summed E-state index contributed by atoms with van der Waals surface area (Å²) in [5, 5.41) is 3.39. The lowest BCUT2D eigenvalue weighted by atomic mass is 9.83. The molecule has 1 heterocycles. The lowest BCUT2D eigenvalue weighted by molar-refractivity contribution is 0.270. The van der Waals surface area contributed by atoms with Crippen molar-refractivity contribution in [3.05, 3.63) is 34.1 Å². The lowest BCUT2D eigenvalue weighted by Crippen LogP contribution is -2.36. The minimum Gasteiger partial charge on any atom is -0.316 e. The van der Waals surface area contributed by atoms with Crippen molar-refractivity contribution >= 4 is 15.9 Å². The summed E-state index contributed by atoms with van der Waals surface area (Å²) >= 11 is 3.39. The third kappa shape index (κ3) is 2.83. The van der Waals surface area contributed by atoms with E-state index in [9.17, 15) is 4.39 Å². The number of benzene rings is 1. The Hall–Kier alpha value is -0.410. The van der Waals surface area contributed by atoms with Crippen LogP contribution < -0.4 is 5.32 Å². The minimum atomic E-state index is -0.0824. The Balaban J connectivity index is 2.10. The largest absolute Gasteiger partial charge is 0.316 e. The van der Waals surface area contributed by atoms with E-state index in [1.807, 2.05) is 6.07 Å². The maximum absolute atomic E-state index is 13.6. The zero-order chi connectivity index (χ0) is 11.5. The molecule has 1 aliphatic rings. The van der Waals surface area contributed by atoms with Crippen LogP contribution in [0.4, 0.5) is 4.39 Å². The number of rotatable bonds is 2. The third-order valence-electron chi connectivity index (χ3n) is 3.48. The summed E-state index contributed by atoms with van der Waals surface area (Å²) in [5.41, 5.74) is 0.829. The van der Waals surface area contributed by atoms with Gasteiger partial charge in [-0.2, -0.15) is 0 Å². The molecule has 16 heavy (non-hydrogen) atoms. The molecule has 1 nitrogen and oxygen atoms in total. The topological polar surface area (TPSA) is 12.0 Å². The van der Waals surface area contributed by atoms with Gasteiger partial charge in [0.1, 0.15) is 5.82 Å². The third-order valence-corrected chi connectivity index (χ3v) is 3.97. The van der Waals surface area contributed by atoms with Gasteiger partial charge in [-0.15, -0.1) is 0 Å². The molecule has 1 saturated heterocycles. The van der Waals surface area contributed by atoms with E-state index in [0.29, 0.717) is 11.8 Å². The fourth-order valence-corrected chi connectivity index (χ4v) is 2.72. The summed E-state index contributed by atoms with van der Waals surface area (Å²) in [6.45, 7) is 4.37. The number of hydrogen-bond acceptors (Lipinski definition) is 1. The van der Waals surface area contributed by atoms with Crippen LogP contribution in [0, 0.1) is 17.7 Å². The first-order valence-corrected chi connectivity index (χ1v) is 6.61. The Kier molecular flexibility index (Phi) is 3.98. The predicted molar refractivity (Wildman–Crippen MR) is 67.9 cm³/mol. The van der Waals surface area contributed by atoms with E-state index < -0.39 is 0 Å². The first-order chi connectivity index (χ1) is 7.66. The second-order valence-corrected chi connectivity index (χ2v) is 5.59. The molecule has 1 aromatic carbocycles. The van der Waals surface area contributed by atoms with Crippen LogP contribution in [0.3, 0.4) is 0 Å². The quantitative estimate of drug-likeness (QED) is 0.879. The SMILES string of the molecule is CC1CCNCC1Cc1cc(Br)ccc1F. The zero-order valence-corrected chi connectivity index (χ0v) is 11.1. The molecule has 1 aromatic rings. The van der Waals surface area contributed by atoms with E-state index in [2.05, 4.69) is 28.2 Å². The number of piperidine rings is 1. The fourth-order valence-electron chi connectivity index (χ4n) is 2.31. The standard InChI is InChI=1S/C13H17BrFN/c1-9-4-5-16-8-11(9)6-10-7-12(14)2-3-13(10)15/h2-3,7,9,11,16H,4-6,8H2,1H3. The second kappa shape index (κ2) is 5.28. The Labute approximate surface area is 105 Å². The van der Waals surface area contributed by atoms with Crippen LogP contribution in [-0.2, 0) is 6.42 Å². The van der Waals surface area contributed by atoms with Crippen LogP contribution >= 0.6 is 15.9 Å². The highest BCUT2D eigenvalue weighted by Gasteiger charge is 2.22. The Morgan fingerprint density at radius 2 is 2.31 bits per heavy atom. The van der Waals surface area contributed by atoms with Crippen molar-refractivity contribution in [2.75, 3.05) is 13.1 Å².